The summed E-state index contributed by atoms with van der Waals surface area (Å²) in [7, 11) is 0. The molecule has 5 nitrogen and oxygen atoms in total. The number of nitrogens with one attached hydrogen (secondary N) is 1. The maximum absolute atomic E-state index is 12.4. The molecule has 1 aliphatic rings. The van der Waals surface area contributed by atoms with E-state index in [0.29, 0.717) is 5.75 Å². The molecule has 2 heterocycles. The number of imidazole rings is 1. The van der Waals surface area contributed by atoms with Crippen LogP contribution in [0.4, 0.5) is 11.4 Å². The van der Waals surface area contributed by atoms with Crippen molar-refractivity contribution in [2.45, 2.75) is 24.9 Å². The highest BCUT2D eigenvalue weighted by molar-refractivity contribution is 7.99. The van der Waals surface area contributed by atoms with Crippen molar-refractivity contribution in [3.8, 4) is 5.69 Å². The summed E-state index contributed by atoms with van der Waals surface area (Å²) in [6, 6.07) is 16.4. The molecule has 0 aliphatic carbocycles. The lowest BCUT2D eigenvalue weighted by Gasteiger charge is -2.17. The number of rotatable bonds is 6. The first kappa shape index (κ1) is 18.6. The largest absolute Gasteiger partial charge is 0.372 e. The van der Waals surface area contributed by atoms with Gasteiger partial charge in [0.2, 0.25) is 5.91 Å². The van der Waals surface area contributed by atoms with E-state index in [4.69, 9.17) is 0 Å². The number of hydrogen-bond donors (Lipinski definition) is 1. The normalized spacial score (nSPS) is 13.7. The average Bonchev–Trinajstić information content (AvgIpc) is 3.39. The number of aryl methyl sites for hydroxylation is 1. The van der Waals surface area contributed by atoms with Gasteiger partial charge in [-0.3, -0.25) is 9.36 Å². The van der Waals surface area contributed by atoms with Gasteiger partial charge in [-0.05, 0) is 61.7 Å². The van der Waals surface area contributed by atoms with Crippen molar-refractivity contribution in [3.05, 3.63) is 66.5 Å². The SMILES string of the molecule is Cc1cccc(-n2ccnc2SCC(=O)Nc2ccc(N3CCCC3)cc2)c1. The van der Waals surface area contributed by atoms with Gasteiger partial charge in [0.05, 0.1) is 5.75 Å². The third kappa shape index (κ3) is 4.39. The summed E-state index contributed by atoms with van der Waals surface area (Å²) in [6.45, 7) is 4.31. The van der Waals surface area contributed by atoms with Crippen molar-refractivity contribution >= 4 is 29.0 Å². The second-order valence-corrected chi connectivity index (χ2v) is 7.94. The molecule has 6 heteroatoms. The molecule has 1 aromatic heterocycles. The number of nitrogens with zero attached hydrogens (tertiary/aromatic N) is 3. The van der Waals surface area contributed by atoms with Gasteiger partial charge in [-0.25, -0.2) is 4.98 Å². The van der Waals surface area contributed by atoms with Crippen LogP contribution in [0.1, 0.15) is 18.4 Å². The Balaban J connectivity index is 1.34. The highest BCUT2D eigenvalue weighted by Gasteiger charge is 2.13. The van der Waals surface area contributed by atoms with Crippen molar-refractivity contribution in [1.82, 2.24) is 9.55 Å². The van der Waals surface area contributed by atoms with E-state index in [2.05, 4.69) is 46.4 Å². The van der Waals surface area contributed by atoms with Crippen LogP contribution in [-0.2, 0) is 4.79 Å². The smallest absolute Gasteiger partial charge is 0.234 e. The minimum absolute atomic E-state index is 0.0299. The number of carbonyl (C=O) groups is 1. The molecule has 0 spiro atoms. The zero-order chi connectivity index (χ0) is 19.3. The first-order valence-corrected chi connectivity index (χ1v) is 10.6. The van der Waals surface area contributed by atoms with E-state index < -0.39 is 0 Å². The summed E-state index contributed by atoms with van der Waals surface area (Å²) < 4.78 is 2.01. The fourth-order valence-electron chi connectivity index (χ4n) is 3.43. The number of carbonyl (C=O) groups excluding carboxylic acids is 1. The lowest BCUT2D eigenvalue weighted by molar-refractivity contribution is -0.113. The highest BCUT2D eigenvalue weighted by Crippen LogP contribution is 2.23. The van der Waals surface area contributed by atoms with Crippen molar-refractivity contribution in [1.29, 1.82) is 0 Å². The Morgan fingerprint density at radius 3 is 2.64 bits per heavy atom. The summed E-state index contributed by atoms with van der Waals surface area (Å²) in [5.41, 5.74) is 4.30. The van der Waals surface area contributed by atoms with Crippen molar-refractivity contribution in [2.24, 2.45) is 0 Å². The zero-order valence-corrected chi connectivity index (χ0v) is 16.8. The second kappa shape index (κ2) is 8.52. The van der Waals surface area contributed by atoms with Gasteiger partial charge in [-0.1, -0.05) is 23.9 Å². The van der Waals surface area contributed by atoms with Crippen LogP contribution in [0.3, 0.4) is 0 Å². The summed E-state index contributed by atoms with van der Waals surface area (Å²) in [6.07, 6.45) is 6.20. The molecular weight excluding hydrogens is 368 g/mol. The summed E-state index contributed by atoms with van der Waals surface area (Å²) in [4.78, 5) is 19.2. The van der Waals surface area contributed by atoms with Crippen LogP contribution in [0.25, 0.3) is 5.69 Å². The lowest BCUT2D eigenvalue weighted by Crippen LogP contribution is -2.18. The van der Waals surface area contributed by atoms with Gasteiger partial charge in [0, 0.05) is 42.5 Å². The Morgan fingerprint density at radius 1 is 1.11 bits per heavy atom. The van der Waals surface area contributed by atoms with Crippen molar-refractivity contribution in [2.75, 3.05) is 29.1 Å². The van der Waals surface area contributed by atoms with E-state index in [1.807, 2.05) is 35.0 Å². The Hall–Kier alpha value is -2.73. The lowest BCUT2D eigenvalue weighted by atomic mass is 10.2. The van der Waals surface area contributed by atoms with Crippen LogP contribution in [0.5, 0.6) is 0 Å². The molecule has 1 N–H and O–H groups in total. The number of aromatic nitrogens is 2. The maximum atomic E-state index is 12.4. The minimum Gasteiger partial charge on any atom is -0.372 e. The third-order valence-electron chi connectivity index (χ3n) is 4.84. The van der Waals surface area contributed by atoms with Gasteiger partial charge in [0.15, 0.2) is 5.16 Å². The average molecular weight is 393 g/mol. The Labute approximate surface area is 169 Å². The van der Waals surface area contributed by atoms with Crippen molar-refractivity contribution in [3.63, 3.8) is 0 Å². The predicted molar refractivity (Wildman–Crippen MR) is 116 cm³/mol. The standard InChI is InChI=1S/C22H24N4OS/c1-17-5-4-6-20(15-17)26-14-11-23-22(26)28-16-21(27)24-18-7-9-19(10-8-18)25-12-2-3-13-25/h4-11,14-15H,2-3,12-13,16H2,1H3,(H,24,27). The summed E-state index contributed by atoms with van der Waals surface area (Å²) in [5, 5.41) is 3.79. The number of amides is 1. The maximum Gasteiger partial charge on any atom is 0.234 e. The van der Waals surface area contributed by atoms with Gasteiger partial charge < -0.3 is 10.2 Å². The molecule has 1 saturated heterocycles. The third-order valence-corrected chi connectivity index (χ3v) is 5.81. The molecule has 2 aromatic carbocycles. The van der Waals surface area contributed by atoms with E-state index >= 15 is 0 Å². The monoisotopic (exact) mass is 392 g/mol. The molecule has 4 rings (SSSR count). The fraction of sp³-hybridized carbons (Fsp3) is 0.273. The van der Waals surface area contributed by atoms with E-state index in [-0.39, 0.29) is 5.91 Å². The van der Waals surface area contributed by atoms with Crippen LogP contribution in [0.15, 0.2) is 66.1 Å². The van der Waals surface area contributed by atoms with Gasteiger partial charge >= 0.3 is 0 Å². The number of anilines is 2. The first-order valence-electron chi connectivity index (χ1n) is 9.57. The van der Waals surface area contributed by atoms with Crippen LogP contribution in [0.2, 0.25) is 0 Å². The van der Waals surface area contributed by atoms with E-state index in [0.717, 1.165) is 29.6 Å². The quantitative estimate of drug-likeness (QED) is 0.627. The van der Waals surface area contributed by atoms with E-state index in [1.165, 1.54) is 35.9 Å². The Morgan fingerprint density at radius 2 is 1.89 bits per heavy atom. The molecule has 0 unspecified atom stereocenters. The van der Waals surface area contributed by atoms with E-state index in [9.17, 15) is 4.79 Å². The molecule has 3 aromatic rings. The van der Waals surface area contributed by atoms with Gasteiger partial charge in [-0.2, -0.15) is 0 Å². The predicted octanol–water partition coefficient (Wildman–Crippen LogP) is 4.51. The molecule has 0 radical (unpaired) electrons. The molecule has 1 aliphatic heterocycles. The molecular formula is C22H24N4OS. The number of hydrogen-bond acceptors (Lipinski definition) is 4. The van der Waals surface area contributed by atoms with Crippen LogP contribution in [0, 0.1) is 6.92 Å². The fourth-order valence-corrected chi connectivity index (χ4v) is 4.20. The number of benzene rings is 2. The van der Waals surface area contributed by atoms with Crippen LogP contribution >= 0.6 is 11.8 Å². The second-order valence-electron chi connectivity index (χ2n) is 7.00. The molecule has 1 fully saturated rings. The summed E-state index contributed by atoms with van der Waals surface area (Å²) >= 11 is 1.44. The Bertz CT molecular complexity index is 945. The molecule has 0 saturated carbocycles. The van der Waals surface area contributed by atoms with Crippen molar-refractivity contribution < 1.29 is 4.79 Å². The Kier molecular flexibility index (Phi) is 5.67. The molecule has 1 amide bonds. The highest BCUT2D eigenvalue weighted by atomic mass is 32.2. The molecule has 28 heavy (non-hydrogen) atoms. The topological polar surface area (TPSA) is 50.2 Å². The molecule has 144 valence electrons. The van der Waals surface area contributed by atoms with Crippen LogP contribution in [-0.4, -0.2) is 34.3 Å². The molecule has 0 atom stereocenters. The number of thioether (sulfide) groups is 1. The molecule has 0 bridgehead atoms. The summed E-state index contributed by atoms with van der Waals surface area (Å²) in [5.74, 6) is 0.286. The van der Waals surface area contributed by atoms with E-state index in [1.54, 1.807) is 6.20 Å². The van der Waals surface area contributed by atoms with Gasteiger partial charge in [-0.15, -0.1) is 0 Å². The van der Waals surface area contributed by atoms with Gasteiger partial charge in [0.25, 0.3) is 0 Å². The minimum atomic E-state index is -0.0299. The van der Waals surface area contributed by atoms with Crippen LogP contribution < -0.4 is 10.2 Å². The van der Waals surface area contributed by atoms with Gasteiger partial charge in [0.1, 0.15) is 0 Å². The first-order chi connectivity index (χ1) is 13.7. The zero-order valence-electron chi connectivity index (χ0n) is 16.0.